The Morgan fingerprint density at radius 1 is 1.41 bits per heavy atom. The van der Waals surface area contributed by atoms with E-state index in [1.54, 1.807) is 6.20 Å². The second kappa shape index (κ2) is 5.21. The zero-order chi connectivity index (χ0) is 12.3. The van der Waals surface area contributed by atoms with Crippen LogP contribution in [0.5, 0.6) is 0 Å². The molecule has 0 aromatic carbocycles. The van der Waals surface area contributed by atoms with Crippen LogP contribution in [0.4, 0.5) is 5.95 Å². The molecule has 17 heavy (non-hydrogen) atoms. The molecule has 0 bridgehead atoms. The number of carbonyl (C=O) groups is 1. The fraction of sp³-hybridized carbons (Fsp3) is 0.667. The number of likely N-dealkylation sites (tertiary alicyclic amines) is 1. The van der Waals surface area contributed by atoms with Crippen LogP contribution in [0, 0.1) is 0 Å². The molecule has 0 aliphatic carbocycles. The Hall–Kier alpha value is -1.52. The number of hydrogen-bond donors (Lipinski definition) is 1. The minimum atomic E-state index is -0.214. The van der Waals surface area contributed by atoms with Gasteiger partial charge >= 0.3 is 0 Å². The second-order valence-electron chi connectivity index (χ2n) is 4.61. The van der Waals surface area contributed by atoms with E-state index in [2.05, 4.69) is 10.3 Å². The minimum Gasteiger partial charge on any atom is -0.344 e. The molecule has 0 saturated carbocycles. The van der Waals surface area contributed by atoms with Gasteiger partial charge in [0.05, 0.1) is 0 Å². The third-order valence-corrected chi connectivity index (χ3v) is 3.20. The maximum Gasteiger partial charge on any atom is 0.244 e. The van der Waals surface area contributed by atoms with E-state index in [1.165, 1.54) is 6.42 Å². The lowest BCUT2D eigenvalue weighted by Crippen LogP contribution is -2.44. The van der Waals surface area contributed by atoms with Crippen LogP contribution in [0.2, 0.25) is 0 Å². The summed E-state index contributed by atoms with van der Waals surface area (Å²) >= 11 is 0. The van der Waals surface area contributed by atoms with E-state index in [0.717, 1.165) is 31.9 Å². The van der Waals surface area contributed by atoms with Gasteiger partial charge in [0.25, 0.3) is 0 Å². The number of rotatable bonds is 3. The van der Waals surface area contributed by atoms with Crippen molar-refractivity contribution in [3.63, 3.8) is 0 Å². The van der Waals surface area contributed by atoms with Gasteiger partial charge in [0, 0.05) is 32.5 Å². The van der Waals surface area contributed by atoms with E-state index in [-0.39, 0.29) is 11.9 Å². The first-order chi connectivity index (χ1) is 8.18. The van der Waals surface area contributed by atoms with Crippen LogP contribution in [-0.2, 0) is 11.8 Å². The zero-order valence-corrected chi connectivity index (χ0v) is 10.5. The fourth-order valence-electron chi connectivity index (χ4n) is 2.15. The van der Waals surface area contributed by atoms with Crippen LogP contribution in [0.3, 0.4) is 0 Å². The van der Waals surface area contributed by atoms with Crippen LogP contribution in [-0.4, -0.2) is 39.5 Å². The van der Waals surface area contributed by atoms with Gasteiger partial charge in [-0.25, -0.2) is 4.98 Å². The molecule has 0 spiro atoms. The lowest BCUT2D eigenvalue weighted by atomic mass is 10.1. The second-order valence-corrected chi connectivity index (χ2v) is 4.61. The van der Waals surface area contributed by atoms with E-state index in [9.17, 15) is 4.79 Å². The Morgan fingerprint density at radius 3 is 2.71 bits per heavy atom. The van der Waals surface area contributed by atoms with Crippen molar-refractivity contribution in [3.8, 4) is 0 Å². The van der Waals surface area contributed by atoms with E-state index < -0.39 is 0 Å². The Kier molecular flexibility index (Phi) is 3.66. The zero-order valence-electron chi connectivity index (χ0n) is 10.5. The molecule has 5 nitrogen and oxygen atoms in total. The Bertz CT molecular complexity index is 382. The number of carbonyl (C=O) groups excluding carboxylic acids is 1. The topological polar surface area (TPSA) is 50.2 Å². The Balaban J connectivity index is 1.93. The molecule has 5 heteroatoms. The monoisotopic (exact) mass is 236 g/mol. The summed E-state index contributed by atoms with van der Waals surface area (Å²) in [5.74, 6) is 0.913. The summed E-state index contributed by atoms with van der Waals surface area (Å²) in [6, 6.07) is -0.214. The summed E-state index contributed by atoms with van der Waals surface area (Å²) in [4.78, 5) is 18.3. The van der Waals surface area contributed by atoms with Crippen LogP contribution in [0.15, 0.2) is 12.4 Å². The number of aromatic nitrogens is 2. The van der Waals surface area contributed by atoms with Crippen molar-refractivity contribution in [2.45, 2.75) is 32.2 Å². The van der Waals surface area contributed by atoms with Gasteiger partial charge in [0.15, 0.2) is 0 Å². The molecule has 1 amide bonds. The maximum absolute atomic E-state index is 12.2. The number of piperidine rings is 1. The molecule has 1 N–H and O–H groups in total. The van der Waals surface area contributed by atoms with Gasteiger partial charge < -0.3 is 14.8 Å². The largest absolute Gasteiger partial charge is 0.344 e. The third kappa shape index (κ3) is 2.78. The summed E-state index contributed by atoms with van der Waals surface area (Å²) < 4.78 is 1.87. The molecule has 1 aromatic rings. The molecule has 1 unspecified atom stereocenters. The highest BCUT2D eigenvalue weighted by molar-refractivity contribution is 5.83. The highest BCUT2D eigenvalue weighted by Gasteiger charge is 2.22. The van der Waals surface area contributed by atoms with Crippen LogP contribution in [0.1, 0.15) is 26.2 Å². The number of aryl methyl sites for hydroxylation is 1. The summed E-state index contributed by atoms with van der Waals surface area (Å²) in [5.41, 5.74) is 0. The molecule has 1 fully saturated rings. The molecule has 1 aliphatic rings. The molecule has 1 atom stereocenters. The van der Waals surface area contributed by atoms with Crippen molar-refractivity contribution in [2.24, 2.45) is 7.05 Å². The van der Waals surface area contributed by atoms with Gasteiger partial charge in [-0.15, -0.1) is 0 Å². The quantitative estimate of drug-likeness (QED) is 0.859. The van der Waals surface area contributed by atoms with Crippen molar-refractivity contribution in [1.29, 1.82) is 0 Å². The van der Waals surface area contributed by atoms with E-state index in [1.807, 2.05) is 29.6 Å². The molecule has 1 saturated heterocycles. The first-order valence-corrected chi connectivity index (χ1v) is 6.21. The predicted octanol–water partition coefficient (Wildman–Crippen LogP) is 1.23. The lowest BCUT2D eigenvalue weighted by molar-refractivity contribution is -0.132. The van der Waals surface area contributed by atoms with Crippen LogP contribution in [0.25, 0.3) is 0 Å². The number of hydrogen-bond acceptors (Lipinski definition) is 3. The first-order valence-electron chi connectivity index (χ1n) is 6.21. The summed E-state index contributed by atoms with van der Waals surface area (Å²) in [6.07, 6.45) is 7.08. The van der Waals surface area contributed by atoms with E-state index >= 15 is 0 Å². The number of anilines is 1. The molecular weight excluding hydrogens is 216 g/mol. The minimum absolute atomic E-state index is 0.174. The molecule has 2 rings (SSSR count). The van der Waals surface area contributed by atoms with Crippen molar-refractivity contribution in [3.05, 3.63) is 12.4 Å². The van der Waals surface area contributed by atoms with Gasteiger partial charge in [-0.1, -0.05) is 0 Å². The van der Waals surface area contributed by atoms with Crippen molar-refractivity contribution < 1.29 is 4.79 Å². The Morgan fingerprint density at radius 2 is 2.12 bits per heavy atom. The summed E-state index contributed by atoms with van der Waals surface area (Å²) in [7, 11) is 1.91. The van der Waals surface area contributed by atoms with Gasteiger partial charge in [0.2, 0.25) is 11.9 Å². The number of imidazole rings is 1. The molecule has 2 heterocycles. The maximum atomic E-state index is 12.2. The number of amides is 1. The van der Waals surface area contributed by atoms with E-state index in [0.29, 0.717) is 0 Å². The SMILES string of the molecule is CC(Nc1nccn1C)C(=O)N1CCCCC1. The van der Waals surface area contributed by atoms with Gasteiger partial charge in [-0.2, -0.15) is 0 Å². The van der Waals surface area contributed by atoms with Crippen LogP contribution >= 0.6 is 0 Å². The van der Waals surface area contributed by atoms with Crippen LogP contribution < -0.4 is 5.32 Å². The molecular formula is C12H20N4O. The average Bonchev–Trinajstić information content (AvgIpc) is 2.75. The smallest absolute Gasteiger partial charge is 0.244 e. The molecule has 0 radical (unpaired) electrons. The van der Waals surface area contributed by atoms with Gasteiger partial charge in [-0.05, 0) is 26.2 Å². The summed E-state index contributed by atoms with van der Waals surface area (Å²) in [6.45, 7) is 3.68. The van der Waals surface area contributed by atoms with Gasteiger partial charge in [-0.3, -0.25) is 4.79 Å². The van der Waals surface area contributed by atoms with Gasteiger partial charge in [0.1, 0.15) is 6.04 Å². The number of nitrogens with one attached hydrogen (secondary N) is 1. The third-order valence-electron chi connectivity index (χ3n) is 3.20. The number of nitrogens with zero attached hydrogens (tertiary/aromatic N) is 3. The summed E-state index contributed by atoms with van der Waals surface area (Å²) in [5, 5.41) is 3.15. The average molecular weight is 236 g/mol. The van der Waals surface area contributed by atoms with Crippen molar-refractivity contribution in [1.82, 2.24) is 14.5 Å². The lowest BCUT2D eigenvalue weighted by Gasteiger charge is -2.29. The normalized spacial score (nSPS) is 17.9. The standard InChI is InChI=1S/C12H20N4O/c1-10(14-12-13-6-9-15(12)2)11(17)16-7-4-3-5-8-16/h6,9-10H,3-5,7-8H2,1-2H3,(H,13,14). The molecule has 94 valence electrons. The Labute approximate surface area is 102 Å². The molecule has 1 aliphatic heterocycles. The van der Waals surface area contributed by atoms with Crippen molar-refractivity contribution in [2.75, 3.05) is 18.4 Å². The predicted molar refractivity (Wildman–Crippen MR) is 66.7 cm³/mol. The fourth-order valence-corrected chi connectivity index (χ4v) is 2.15. The first kappa shape index (κ1) is 12.0. The molecule has 1 aromatic heterocycles. The highest BCUT2D eigenvalue weighted by Crippen LogP contribution is 2.11. The van der Waals surface area contributed by atoms with E-state index in [4.69, 9.17) is 0 Å². The van der Waals surface area contributed by atoms with Crippen molar-refractivity contribution >= 4 is 11.9 Å². The highest BCUT2D eigenvalue weighted by atomic mass is 16.2.